The zero-order valence-corrected chi connectivity index (χ0v) is 20.7. The molecule has 0 radical (unpaired) electrons. The van der Waals surface area contributed by atoms with Crippen LogP contribution in [0.1, 0.15) is 65.5 Å². The van der Waals surface area contributed by atoms with Crippen LogP contribution >= 0.6 is 0 Å². The average molecular weight is 434 g/mol. The summed E-state index contributed by atoms with van der Waals surface area (Å²) in [6.07, 6.45) is 1.84. The highest BCUT2D eigenvalue weighted by atomic mass is 28.4. The average Bonchev–Trinajstić information content (AvgIpc) is 3.05. The first-order chi connectivity index (χ1) is 13.9. The summed E-state index contributed by atoms with van der Waals surface area (Å²) in [5, 5.41) is 10.1. The maximum Gasteiger partial charge on any atom is 0.233 e. The summed E-state index contributed by atoms with van der Waals surface area (Å²) < 4.78 is 13.3. The fourth-order valence-electron chi connectivity index (χ4n) is 4.38. The Morgan fingerprint density at radius 1 is 1.23 bits per heavy atom. The van der Waals surface area contributed by atoms with E-state index >= 15 is 0 Å². The van der Waals surface area contributed by atoms with Crippen molar-refractivity contribution in [1.82, 2.24) is 4.90 Å². The van der Waals surface area contributed by atoms with E-state index in [1.54, 1.807) is 0 Å². The van der Waals surface area contributed by atoms with Gasteiger partial charge in [-0.25, -0.2) is 0 Å². The van der Waals surface area contributed by atoms with E-state index in [-0.39, 0.29) is 29.7 Å². The molecule has 2 aliphatic rings. The smallest absolute Gasteiger partial charge is 0.233 e. The number of fused-ring (bicyclic) bond motifs is 1. The van der Waals surface area contributed by atoms with E-state index in [1.807, 2.05) is 30.0 Å². The van der Waals surface area contributed by atoms with Gasteiger partial charge in [0, 0.05) is 0 Å². The first-order valence-electron chi connectivity index (χ1n) is 11.2. The number of hydrogen-bond acceptors (Lipinski definition) is 4. The second-order valence-electron chi connectivity index (χ2n) is 10.8. The van der Waals surface area contributed by atoms with Gasteiger partial charge in [0.15, 0.2) is 8.32 Å². The molecule has 30 heavy (non-hydrogen) atoms. The highest BCUT2D eigenvalue weighted by Crippen LogP contribution is 2.52. The number of carbonyl (C=O) groups is 1. The number of amides is 1. The van der Waals surface area contributed by atoms with E-state index in [9.17, 15) is 9.90 Å². The Bertz CT molecular complexity index is 762. The minimum Gasteiger partial charge on any atom is -0.415 e. The van der Waals surface area contributed by atoms with Crippen LogP contribution in [0.2, 0.25) is 18.1 Å². The molecule has 1 amide bonds. The van der Waals surface area contributed by atoms with E-state index in [1.165, 1.54) is 0 Å². The largest absolute Gasteiger partial charge is 0.415 e. The molecule has 0 bridgehead atoms. The molecule has 6 heteroatoms. The Morgan fingerprint density at radius 3 is 2.40 bits per heavy atom. The number of nitrogens with zero attached hydrogens (tertiary/aromatic N) is 1. The van der Waals surface area contributed by atoms with Crippen LogP contribution in [0.25, 0.3) is 0 Å². The predicted octanol–water partition coefficient (Wildman–Crippen LogP) is 4.88. The maximum absolute atomic E-state index is 13.7. The van der Waals surface area contributed by atoms with E-state index in [2.05, 4.69) is 52.9 Å². The summed E-state index contributed by atoms with van der Waals surface area (Å²) >= 11 is 0. The molecule has 1 aromatic carbocycles. The Balaban J connectivity index is 2.01. The molecule has 0 saturated carbocycles. The van der Waals surface area contributed by atoms with Crippen molar-refractivity contribution in [3.8, 4) is 0 Å². The van der Waals surface area contributed by atoms with E-state index in [0.717, 1.165) is 18.4 Å². The number of benzene rings is 1. The van der Waals surface area contributed by atoms with E-state index in [4.69, 9.17) is 9.16 Å². The highest BCUT2D eigenvalue weighted by molar-refractivity contribution is 6.74. The summed E-state index contributed by atoms with van der Waals surface area (Å²) in [6.45, 7) is 15.4. The predicted molar refractivity (Wildman–Crippen MR) is 121 cm³/mol. The molecule has 2 fully saturated rings. The van der Waals surface area contributed by atoms with Crippen molar-refractivity contribution in [3.63, 3.8) is 0 Å². The zero-order valence-electron chi connectivity index (χ0n) is 19.7. The van der Waals surface area contributed by atoms with Gasteiger partial charge in [0.25, 0.3) is 0 Å². The molecule has 3 rings (SSSR count). The second kappa shape index (κ2) is 8.04. The van der Waals surface area contributed by atoms with Gasteiger partial charge in [-0.15, -0.1) is 0 Å². The minimum atomic E-state index is -2.00. The summed E-state index contributed by atoms with van der Waals surface area (Å²) in [6, 6.07) is 9.96. The van der Waals surface area contributed by atoms with Crippen LogP contribution in [0.15, 0.2) is 30.3 Å². The summed E-state index contributed by atoms with van der Waals surface area (Å²) in [5.41, 5.74) is -0.321. The van der Waals surface area contributed by atoms with Crippen LogP contribution in [0.3, 0.4) is 0 Å². The minimum absolute atomic E-state index is 0.0136. The topological polar surface area (TPSA) is 59.0 Å². The third-order valence-electron chi connectivity index (χ3n) is 7.72. The Hall–Kier alpha value is -1.21. The van der Waals surface area contributed by atoms with Gasteiger partial charge in [-0.2, -0.15) is 0 Å². The van der Waals surface area contributed by atoms with Crippen LogP contribution in [0, 0.1) is 5.41 Å². The number of carbonyl (C=O) groups excluding carboxylic acids is 1. The van der Waals surface area contributed by atoms with Crippen molar-refractivity contribution in [2.75, 3.05) is 13.2 Å². The molecular formula is C24H39NO4Si. The second-order valence-corrected chi connectivity index (χ2v) is 15.6. The molecule has 0 spiro atoms. The summed E-state index contributed by atoms with van der Waals surface area (Å²) in [5.74, 6) is -0.0136. The van der Waals surface area contributed by atoms with E-state index < -0.39 is 19.5 Å². The number of hydrogen-bond donors (Lipinski definition) is 1. The molecule has 2 aliphatic heterocycles. The lowest BCUT2D eigenvalue weighted by Gasteiger charge is -2.48. The fraction of sp³-hybridized carbons (Fsp3) is 0.708. The van der Waals surface area contributed by atoms with Crippen LogP contribution in [0.5, 0.6) is 0 Å². The molecule has 0 aliphatic carbocycles. The summed E-state index contributed by atoms with van der Waals surface area (Å²) in [7, 11) is -2.00. The van der Waals surface area contributed by atoms with Crippen molar-refractivity contribution in [1.29, 1.82) is 0 Å². The van der Waals surface area contributed by atoms with Gasteiger partial charge in [0.2, 0.25) is 5.91 Å². The van der Waals surface area contributed by atoms with Crippen LogP contribution in [0.4, 0.5) is 0 Å². The first-order valence-corrected chi connectivity index (χ1v) is 14.1. The zero-order chi connectivity index (χ0) is 22.4. The highest BCUT2D eigenvalue weighted by Gasteiger charge is 2.61. The molecule has 1 aromatic rings. The van der Waals surface area contributed by atoms with Crippen molar-refractivity contribution < 1.29 is 19.1 Å². The molecular weight excluding hydrogens is 394 g/mol. The van der Waals surface area contributed by atoms with Crippen molar-refractivity contribution in [2.24, 2.45) is 5.41 Å². The SMILES string of the molecule is CC[C@@]12CC[C@@](C)(CO)C(=O)N1[C@@H](CO[Si](C)(C)C(C)(C)C)[C@H](c1ccccc1)O2. The monoisotopic (exact) mass is 433 g/mol. The van der Waals surface area contributed by atoms with Gasteiger partial charge in [-0.3, -0.25) is 4.79 Å². The lowest BCUT2D eigenvalue weighted by atomic mass is 9.77. The van der Waals surface area contributed by atoms with E-state index in [0.29, 0.717) is 13.0 Å². The van der Waals surface area contributed by atoms with Crippen LogP contribution in [-0.4, -0.2) is 49.2 Å². The van der Waals surface area contributed by atoms with Crippen molar-refractivity contribution >= 4 is 14.2 Å². The normalized spacial score (nSPS) is 32.4. The molecule has 4 atom stereocenters. The lowest BCUT2D eigenvalue weighted by molar-refractivity contribution is -0.183. The Kier molecular flexibility index (Phi) is 6.29. The third kappa shape index (κ3) is 3.88. The number of aliphatic hydroxyl groups excluding tert-OH is 1. The summed E-state index contributed by atoms with van der Waals surface area (Å²) in [4.78, 5) is 15.6. The van der Waals surface area contributed by atoms with Crippen molar-refractivity contribution in [2.45, 2.75) is 89.9 Å². The third-order valence-corrected chi connectivity index (χ3v) is 12.2. The van der Waals surface area contributed by atoms with Gasteiger partial charge >= 0.3 is 0 Å². The Labute approximate surface area is 182 Å². The quantitative estimate of drug-likeness (QED) is 0.650. The van der Waals surface area contributed by atoms with Gasteiger partial charge in [0.05, 0.1) is 24.7 Å². The number of piperidine rings is 1. The van der Waals surface area contributed by atoms with Crippen molar-refractivity contribution in [3.05, 3.63) is 35.9 Å². The standard InChI is InChI=1S/C24H39NO4Si/c1-8-24-15-14-23(5,17-26)21(27)25(24)19(16-28-30(6,7)22(2,3)4)20(29-24)18-12-10-9-11-13-18/h9-13,19-20,26H,8,14-17H2,1-7H3/t19-,20-,23-,24+/m0/s1. The number of aliphatic hydroxyl groups is 1. The van der Waals surface area contributed by atoms with Gasteiger partial charge in [0.1, 0.15) is 11.8 Å². The first kappa shape index (κ1) is 23.5. The molecule has 5 nitrogen and oxygen atoms in total. The fourth-order valence-corrected chi connectivity index (χ4v) is 5.40. The molecule has 168 valence electrons. The molecule has 0 aromatic heterocycles. The molecule has 1 N–H and O–H groups in total. The van der Waals surface area contributed by atoms with Crippen LogP contribution in [-0.2, 0) is 14.0 Å². The number of rotatable bonds is 6. The maximum atomic E-state index is 13.7. The van der Waals surface area contributed by atoms with Gasteiger partial charge in [-0.1, -0.05) is 58.0 Å². The van der Waals surface area contributed by atoms with Crippen LogP contribution < -0.4 is 0 Å². The van der Waals surface area contributed by atoms with Gasteiger partial charge in [-0.05, 0) is 49.9 Å². The molecule has 2 saturated heterocycles. The lowest BCUT2D eigenvalue weighted by Crippen LogP contribution is -2.62. The molecule has 2 heterocycles. The number of ether oxygens (including phenoxy) is 1. The molecule has 0 unspecified atom stereocenters. The Morgan fingerprint density at radius 2 is 1.87 bits per heavy atom. The van der Waals surface area contributed by atoms with Gasteiger partial charge < -0.3 is 19.2 Å².